The molecule has 9 heteroatoms. The van der Waals surface area contributed by atoms with Crippen LogP contribution in [0, 0.1) is 10.1 Å². The maximum atomic E-state index is 12.5. The minimum absolute atomic E-state index is 0.479. The molecule has 0 unspecified atom stereocenters. The fourth-order valence-electron chi connectivity index (χ4n) is 1.06. The number of rotatable bonds is 3. The van der Waals surface area contributed by atoms with Crippen molar-refractivity contribution in [2.75, 3.05) is 7.11 Å². The van der Waals surface area contributed by atoms with Crippen LogP contribution in [0.15, 0.2) is 10.7 Å². The molecule has 17 heavy (non-hydrogen) atoms. The molecule has 1 heterocycles. The first-order chi connectivity index (χ1) is 7.90. The van der Waals surface area contributed by atoms with Crippen molar-refractivity contribution >= 4 is 27.6 Å². The molecular formula is C8H5BrF2N2O4. The Morgan fingerprint density at radius 2 is 2.24 bits per heavy atom. The zero-order chi connectivity index (χ0) is 13.2. The molecule has 0 aliphatic carbocycles. The largest absolute Gasteiger partial charge is 0.464 e. The van der Waals surface area contributed by atoms with Gasteiger partial charge >= 0.3 is 11.7 Å². The summed E-state index contributed by atoms with van der Waals surface area (Å²) in [6.07, 6.45) is -2.25. The minimum Gasteiger partial charge on any atom is -0.464 e. The van der Waals surface area contributed by atoms with Crippen LogP contribution in [0.5, 0.6) is 0 Å². The second-order valence-electron chi connectivity index (χ2n) is 2.77. The average molecular weight is 311 g/mol. The number of aromatic nitrogens is 1. The van der Waals surface area contributed by atoms with E-state index in [9.17, 15) is 23.7 Å². The fourth-order valence-corrected chi connectivity index (χ4v) is 1.67. The van der Waals surface area contributed by atoms with E-state index in [1.807, 2.05) is 0 Å². The topological polar surface area (TPSA) is 82.3 Å². The predicted molar refractivity (Wildman–Crippen MR) is 54.9 cm³/mol. The van der Waals surface area contributed by atoms with E-state index in [0.29, 0.717) is 6.20 Å². The molecule has 0 fully saturated rings. The minimum atomic E-state index is -2.94. The zero-order valence-electron chi connectivity index (χ0n) is 8.32. The van der Waals surface area contributed by atoms with Gasteiger partial charge in [-0.25, -0.2) is 18.6 Å². The van der Waals surface area contributed by atoms with Crippen LogP contribution < -0.4 is 0 Å². The van der Waals surface area contributed by atoms with E-state index >= 15 is 0 Å². The second kappa shape index (κ2) is 5.13. The van der Waals surface area contributed by atoms with E-state index in [-0.39, 0.29) is 0 Å². The normalized spacial score (nSPS) is 10.4. The lowest BCUT2D eigenvalue weighted by atomic mass is 10.2. The quantitative estimate of drug-likeness (QED) is 0.486. The van der Waals surface area contributed by atoms with E-state index in [1.165, 1.54) is 0 Å². The molecule has 0 radical (unpaired) electrons. The highest BCUT2D eigenvalue weighted by atomic mass is 79.9. The van der Waals surface area contributed by atoms with Crippen molar-refractivity contribution in [3.63, 3.8) is 0 Å². The number of methoxy groups -OCH3 is 1. The number of pyridine rings is 1. The highest BCUT2D eigenvalue weighted by Gasteiger charge is 2.30. The molecule has 0 saturated heterocycles. The maximum absolute atomic E-state index is 12.5. The van der Waals surface area contributed by atoms with Gasteiger partial charge in [0, 0.05) is 6.20 Å². The summed E-state index contributed by atoms with van der Waals surface area (Å²) in [6.45, 7) is 0. The molecule has 92 valence electrons. The molecule has 6 nitrogen and oxygen atoms in total. The first-order valence-corrected chi connectivity index (χ1v) is 4.88. The highest BCUT2D eigenvalue weighted by Crippen LogP contribution is 2.35. The summed E-state index contributed by atoms with van der Waals surface area (Å²) in [4.78, 5) is 24.2. The number of carbonyl (C=O) groups excluding carboxylic acids is 1. The molecule has 1 aromatic rings. The fraction of sp³-hybridized carbons (Fsp3) is 0.250. The van der Waals surface area contributed by atoms with Gasteiger partial charge in [-0.15, -0.1) is 0 Å². The van der Waals surface area contributed by atoms with E-state index < -0.39 is 38.7 Å². The van der Waals surface area contributed by atoms with Crippen molar-refractivity contribution in [3.8, 4) is 0 Å². The number of nitrogens with zero attached hydrogens (tertiary/aromatic N) is 2. The molecule has 0 amide bonds. The number of ether oxygens (including phenoxy) is 1. The molecule has 0 saturated carbocycles. The van der Waals surface area contributed by atoms with Crippen molar-refractivity contribution < 1.29 is 23.2 Å². The molecule has 1 aromatic heterocycles. The standard InChI is InChI=1S/C8H5BrF2N2O4/c1-17-8(14)5-6(13(15)16)4(9)3(2-12-5)7(10)11/h2,7H,1H3. The van der Waals surface area contributed by atoms with E-state index in [1.54, 1.807) is 0 Å². The van der Waals surface area contributed by atoms with E-state index in [4.69, 9.17) is 0 Å². The summed E-state index contributed by atoms with van der Waals surface area (Å²) in [6, 6.07) is 0. The third kappa shape index (κ3) is 2.54. The SMILES string of the molecule is COC(=O)c1ncc(C(F)F)c(Br)c1[N+](=O)[O-]. The summed E-state index contributed by atoms with van der Waals surface area (Å²) in [7, 11) is 1.00. The predicted octanol–water partition coefficient (Wildman–Crippen LogP) is 2.48. The van der Waals surface area contributed by atoms with Gasteiger partial charge in [-0.3, -0.25) is 10.1 Å². The summed E-state index contributed by atoms with van der Waals surface area (Å²) >= 11 is 2.66. The molecular weight excluding hydrogens is 306 g/mol. The van der Waals surface area contributed by atoms with Crippen molar-refractivity contribution in [1.29, 1.82) is 0 Å². The molecule has 0 atom stereocenters. The Morgan fingerprint density at radius 1 is 1.65 bits per heavy atom. The molecule has 0 aliphatic rings. The number of hydrogen-bond acceptors (Lipinski definition) is 5. The van der Waals surface area contributed by atoms with Crippen LogP contribution in [-0.2, 0) is 4.74 Å². The number of halogens is 3. The Kier molecular flexibility index (Phi) is 4.05. The second-order valence-corrected chi connectivity index (χ2v) is 3.57. The number of carbonyl (C=O) groups is 1. The lowest BCUT2D eigenvalue weighted by Crippen LogP contribution is -2.10. The number of nitro groups is 1. The van der Waals surface area contributed by atoms with Gasteiger partial charge in [0.15, 0.2) is 0 Å². The average Bonchev–Trinajstić information content (AvgIpc) is 2.26. The van der Waals surface area contributed by atoms with Crippen LogP contribution in [0.3, 0.4) is 0 Å². The summed E-state index contributed by atoms with van der Waals surface area (Å²) in [5, 5.41) is 10.7. The Hall–Kier alpha value is -1.64. The number of esters is 1. The molecule has 0 bridgehead atoms. The van der Waals surface area contributed by atoms with E-state index in [2.05, 4.69) is 25.7 Å². The Morgan fingerprint density at radius 3 is 2.65 bits per heavy atom. The van der Waals surface area contributed by atoms with Gasteiger partial charge in [0.2, 0.25) is 5.69 Å². The Balaban J connectivity index is 3.50. The maximum Gasteiger partial charge on any atom is 0.363 e. The van der Waals surface area contributed by atoms with Crippen LogP contribution in [0.4, 0.5) is 14.5 Å². The van der Waals surface area contributed by atoms with Gasteiger partial charge < -0.3 is 4.74 Å². The van der Waals surface area contributed by atoms with E-state index in [0.717, 1.165) is 7.11 Å². The molecule has 1 rings (SSSR count). The first kappa shape index (κ1) is 13.4. The van der Waals surface area contributed by atoms with Crippen molar-refractivity contribution in [2.24, 2.45) is 0 Å². The van der Waals surface area contributed by atoms with Crippen LogP contribution in [0.25, 0.3) is 0 Å². The third-order valence-electron chi connectivity index (χ3n) is 1.81. The third-order valence-corrected chi connectivity index (χ3v) is 2.65. The monoisotopic (exact) mass is 310 g/mol. The van der Waals surface area contributed by atoms with Gasteiger partial charge in [0.05, 0.1) is 17.6 Å². The van der Waals surface area contributed by atoms with Gasteiger partial charge in [0.1, 0.15) is 4.47 Å². The van der Waals surface area contributed by atoms with Crippen LogP contribution in [-0.4, -0.2) is 23.0 Å². The molecule has 0 aromatic carbocycles. The molecule has 0 aliphatic heterocycles. The van der Waals surface area contributed by atoms with Crippen LogP contribution in [0.1, 0.15) is 22.5 Å². The van der Waals surface area contributed by atoms with Gasteiger partial charge in [-0.2, -0.15) is 0 Å². The smallest absolute Gasteiger partial charge is 0.363 e. The number of alkyl halides is 2. The Labute approximate surface area is 102 Å². The summed E-state index contributed by atoms with van der Waals surface area (Å²) in [5.41, 5.74) is -2.13. The zero-order valence-corrected chi connectivity index (χ0v) is 9.90. The molecule has 0 N–H and O–H groups in total. The van der Waals surface area contributed by atoms with Crippen LogP contribution >= 0.6 is 15.9 Å². The summed E-state index contributed by atoms with van der Waals surface area (Å²) in [5.74, 6) is -1.07. The number of hydrogen-bond donors (Lipinski definition) is 0. The van der Waals surface area contributed by atoms with Gasteiger partial charge in [-0.05, 0) is 15.9 Å². The van der Waals surface area contributed by atoms with Crippen molar-refractivity contribution in [1.82, 2.24) is 4.98 Å². The van der Waals surface area contributed by atoms with Crippen molar-refractivity contribution in [2.45, 2.75) is 6.43 Å². The lowest BCUT2D eigenvalue weighted by molar-refractivity contribution is -0.386. The van der Waals surface area contributed by atoms with Gasteiger partial charge in [-0.1, -0.05) is 0 Å². The van der Waals surface area contributed by atoms with Crippen molar-refractivity contribution in [3.05, 3.63) is 32.0 Å². The summed E-state index contributed by atoms with van der Waals surface area (Å²) < 4.78 is 28.7. The Bertz CT molecular complexity index is 481. The molecule has 0 spiro atoms. The highest BCUT2D eigenvalue weighted by molar-refractivity contribution is 9.10. The first-order valence-electron chi connectivity index (χ1n) is 4.09. The van der Waals surface area contributed by atoms with Crippen LogP contribution in [0.2, 0.25) is 0 Å². The lowest BCUT2D eigenvalue weighted by Gasteiger charge is -2.06. The van der Waals surface area contributed by atoms with Gasteiger partial charge in [0.25, 0.3) is 6.43 Å².